The van der Waals surface area contributed by atoms with Crippen LogP contribution in [0, 0.1) is 0 Å². The predicted molar refractivity (Wildman–Crippen MR) is 120 cm³/mol. The zero-order valence-corrected chi connectivity index (χ0v) is 18.9. The third-order valence-electron chi connectivity index (χ3n) is 6.05. The Morgan fingerprint density at radius 1 is 0.667 bits per heavy atom. The van der Waals surface area contributed by atoms with Gasteiger partial charge in [0.2, 0.25) is 5.91 Å². The molecule has 0 aliphatic rings. The monoisotopic (exact) mass is 382 g/mol. The normalized spacial score (nSPS) is 11.7. The fourth-order valence-electron chi connectivity index (χ4n) is 3.52. The number of carbonyl (C=O) groups is 1. The van der Waals surface area contributed by atoms with Crippen molar-refractivity contribution in [3.05, 3.63) is 0 Å². The van der Waals surface area contributed by atoms with Gasteiger partial charge in [-0.2, -0.15) is 0 Å². The van der Waals surface area contributed by atoms with Gasteiger partial charge in [-0.05, 0) is 19.3 Å². The summed E-state index contributed by atoms with van der Waals surface area (Å²) in [6.45, 7) is 7.06. The van der Waals surface area contributed by atoms with Crippen molar-refractivity contribution in [2.45, 2.75) is 142 Å². The van der Waals surface area contributed by atoms with Gasteiger partial charge in [-0.25, -0.2) is 0 Å². The molecule has 0 rings (SSSR count). The fraction of sp³-hybridized carbons (Fsp3) is 0.958. The van der Waals surface area contributed by atoms with Crippen LogP contribution >= 0.6 is 0 Å². The number of hydrogen-bond acceptors (Lipinski definition) is 2. The molecule has 27 heavy (non-hydrogen) atoms. The minimum atomic E-state index is -0.231. The molecule has 3 N–H and O–H groups in total. The van der Waals surface area contributed by atoms with Gasteiger partial charge in [0.1, 0.15) is 0 Å². The van der Waals surface area contributed by atoms with Crippen LogP contribution in [0.5, 0.6) is 0 Å². The standard InChI is InChI=1S/C24H50N2O/c1-4-7-8-9-10-11-12-13-14-15-16-17-18-19-20-21-23(27)26-22-24(25,5-2)6-3/h4-22,25H2,1-3H3,(H,26,27). The van der Waals surface area contributed by atoms with Gasteiger partial charge >= 0.3 is 0 Å². The van der Waals surface area contributed by atoms with Gasteiger partial charge in [0.25, 0.3) is 0 Å². The van der Waals surface area contributed by atoms with Crippen molar-refractivity contribution >= 4 is 5.91 Å². The maximum Gasteiger partial charge on any atom is 0.220 e. The van der Waals surface area contributed by atoms with E-state index in [0.29, 0.717) is 13.0 Å². The summed E-state index contributed by atoms with van der Waals surface area (Å²) in [5, 5.41) is 3.01. The van der Waals surface area contributed by atoms with Gasteiger partial charge in [0, 0.05) is 18.5 Å². The highest BCUT2D eigenvalue weighted by Gasteiger charge is 2.20. The van der Waals surface area contributed by atoms with E-state index in [1.165, 1.54) is 89.9 Å². The number of nitrogens with one attached hydrogen (secondary N) is 1. The molecule has 0 spiro atoms. The second kappa shape index (κ2) is 18.8. The number of amides is 1. The first kappa shape index (κ1) is 26.4. The molecule has 0 saturated heterocycles. The lowest BCUT2D eigenvalue weighted by atomic mass is 9.94. The van der Waals surface area contributed by atoms with Crippen LogP contribution in [0.15, 0.2) is 0 Å². The molecule has 0 aromatic carbocycles. The number of unbranched alkanes of at least 4 members (excludes halogenated alkanes) is 14. The van der Waals surface area contributed by atoms with Crippen LogP contribution in [0.3, 0.4) is 0 Å². The zero-order chi connectivity index (χ0) is 20.2. The highest BCUT2D eigenvalue weighted by Crippen LogP contribution is 2.14. The van der Waals surface area contributed by atoms with Crippen molar-refractivity contribution in [3.63, 3.8) is 0 Å². The van der Waals surface area contributed by atoms with Crippen LogP contribution in [0.1, 0.15) is 136 Å². The summed E-state index contributed by atoms with van der Waals surface area (Å²) in [5.74, 6) is 0.168. The van der Waals surface area contributed by atoms with E-state index in [0.717, 1.165) is 19.3 Å². The molecule has 0 atom stereocenters. The molecule has 0 saturated carbocycles. The predicted octanol–water partition coefficient (Wildman–Crippen LogP) is 6.88. The van der Waals surface area contributed by atoms with Crippen molar-refractivity contribution in [1.29, 1.82) is 0 Å². The zero-order valence-electron chi connectivity index (χ0n) is 18.9. The molecule has 0 aromatic heterocycles. The Kier molecular flexibility index (Phi) is 18.4. The van der Waals surface area contributed by atoms with E-state index in [1.54, 1.807) is 0 Å². The molecule has 3 nitrogen and oxygen atoms in total. The summed E-state index contributed by atoms with van der Waals surface area (Å²) in [6, 6.07) is 0. The van der Waals surface area contributed by atoms with E-state index in [2.05, 4.69) is 26.1 Å². The molecule has 0 unspecified atom stereocenters. The molecular formula is C24H50N2O. The molecule has 3 heteroatoms. The van der Waals surface area contributed by atoms with E-state index < -0.39 is 0 Å². The molecule has 0 bridgehead atoms. The summed E-state index contributed by atoms with van der Waals surface area (Å²) < 4.78 is 0. The number of rotatable bonds is 20. The molecule has 1 amide bonds. The number of nitrogens with two attached hydrogens (primary N) is 1. The second-order valence-corrected chi connectivity index (χ2v) is 8.55. The van der Waals surface area contributed by atoms with Gasteiger partial charge in [-0.15, -0.1) is 0 Å². The average molecular weight is 383 g/mol. The van der Waals surface area contributed by atoms with Crippen LogP contribution in [0.4, 0.5) is 0 Å². The minimum Gasteiger partial charge on any atom is -0.354 e. The third kappa shape index (κ3) is 17.3. The molecule has 0 aromatic rings. The van der Waals surface area contributed by atoms with E-state index in [-0.39, 0.29) is 11.4 Å². The Balaban J connectivity index is 3.28. The van der Waals surface area contributed by atoms with E-state index in [4.69, 9.17) is 5.73 Å². The lowest BCUT2D eigenvalue weighted by molar-refractivity contribution is -0.121. The van der Waals surface area contributed by atoms with E-state index in [1.807, 2.05) is 0 Å². The maximum absolute atomic E-state index is 11.9. The summed E-state index contributed by atoms with van der Waals surface area (Å²) >= 11 is 0. The summed E-state index contributed by atoms with van der Waals surface area (Å²) in [5.41, 5.74) is 5.98. The number of hydrogen-bond donors (Lipinski definition) is 2. The van der Waals surface area contributed by atoms with Crippen LogP contribution in [0.25, 0.3) is 0 Å². The van der Waals surface area contributed by atoms with Crippen LogP contribution in [-0.4, -0.2) is 18.0 Å². The molecule has 0 fully saturated rings. The Morgan fingerprint density at radius 2 is 1.04 bits per heavy atom. The molecule has 0 heterocycles. The lowest BCUT2D eigenvalue weighted by Gasteiger charge is -2.26. The summed E-state index contributed by atoms with van der Waals surface area (Å²) in [7, 11) is 0. The Morgan fingerprint density at radius 3 is 1.41 bits per heavy atom. The van der Waals surface area contributed by atoms with Crippen LogP contribution < -0.4 is 11.1 Å². The van der Waals surface area contributed by atoms with Crippen molar-refractivity contribution < 1.29 is 4.79 Å². The van der Waals surface area contributed by atoms with Gasteiger partial charge in [0.05, 0.1) is 0 Å². The van der Waals surface area contributed by atoms with Crippen LogP contribution in [0.2, 0.25) is 0 Å². The second-order valence-electron chi connectivity index (χ2n) is 8.55. The van der Waals surface area contributed by atoms with Crippen molar-refractivity contribution in [2.75, 3.05) is 6.54 Å². The summed E-state index contributed by atoms with van der Waals surface area (Å²) in [6.07, 6.45) is 22.8. The Hall–Kier alpha value is -0.570. The SMILES string of the molecule is CCCCCCCCCCCCCCCCCC(=O)NCC(N)(CC)CC. The first-order valence-electron chi connectivity index (χ1n) is 12.1. The van der Waals surface area contributed by atoms with Gasteiger partial charge in [-0.3, -0.25) is 4.79 Å². The fourth-order valence-corrected chi connectivity index (χ4v) is 3.52. The van der Waals surface area contributed by atoms with Crippen molar-refractivity contribution in [1.82, 2.24) is 5.32 Å². The molecule has 0 aliphatic heterocycles. The average Bonchev–Trinajstić information content (AvgIpc) is 2.69. The molecular weight excluding hydrogens is 332 g/mol. The molecule has 162 valence electrons. The summed E-state index contributed by atoms with van der Waals surface area (Å²) in [4.78, 5) is 11.9. The molecule has 0 radical (unpaired) electrons. The van der Waals surface area contributed by atoms with Crippen molar-refractivity contribution in [2.24, 2.45) is 5.73 Å². The van der Waals surface area contributed by atoms with E-state index in [9.17, 15) is 4.79 Å². The first-order chi connectivity index (χ1) is 13.1. The lowest BCUT2D eigenvalue weighted by Crippen LogP contribution is -2.49. The topological polar surface area (TPSA) is 55.1 Å². The van der Waals surface area contributed by atoms with Gasteiger partial charge in [-0.1, -0.05) is 111 Å². The van der Waals surface area contributed by atoms with Crippen LogP contribution in [-0.2, 0) is 4.79 Å². The Bertz CT molecular complexity index is 326. The third-order valence-corrected chi connectivity index (χ3v) is 6.05. The van der Waals surface area contributed by atoms with Gasteiger partial charge in [0.15, 0.2) is 0 Å². The minimum absolute atomic E-state index is 0.168. The van der Waals surface area contributed by atoms with E-state index >= 15 is 0 Å². The van der Waals surface area contributed by atoms with Gasteiger partial charge < -0.3 is 11.1 Å². The number of carbonyl (C=O) groups excluding carboxylic acids is 1. The molecule has 0 aliphatic carbocycles. The Labute approximate surface area is 170 Å². The highest BCUT2D eigenvalue weighted by molar-refractivity contribution is 5.75. The van der Waals surface area contributed by atoms with Crippen molar-refractivity contribution in [3.8, 4) is 0 Å². The largest absolute Gasteiger partial charge is 0.354 e. The first-order valence-corrected chi connectivity index (χ1v) is 12.1. The highest BCUT2D eigenvalue weighted by atomic mass is 16.1. The smallest absolute Gasteiger partial charge is 0.220 e. The quantitative estimate of drug-likeness (QED) is 0.225. The maximum atomic E-state index is 11.9.